The van der Waals surface area contributed by atoms with Crippen molar-refractivity contribution in [2.75, 3.05) is 14.2 Å². The van der Waals surface area contributed by atoms with Gasteiger partial charge in [-0.1, -0.05) is 12.1 Å². The van der Waals surface area contributed by atoms with E-state index in [1.807, 2.05) is 34.9 Å². The molecule has 10 heteroatoms. The van der Waals surface area contributed by atoms with Crippen LogP contribution in [-0.2, 0) is 39.1 Å². The minimum Gasteiger partial charge on any atom is -0.497 e. The molecule has 1 unspecified atom stereocenters. The quantitative estimate of drug-likeness (QED) is 0.511. The maximum atomic E-state index is 13.5. The molecule has 1 aromatic heterocycles. The number of aromatic nitrogens is 2. The van der Waals surface area contributed by atoms with Gasteiger partial charge in [0.1, 0.15) is 11.8 Å². The minimum atomic E-state index is -4.05. The third-order valence-corrected chi connectivity index (χ3v) is 7.52. The Kier molecular flexibility index (Phi) is 6.18. The van der Waals surface area contributed by atoms with E-state index >= 15 is 0 Å². The summed E-state index contributed by atoms with van der Waals surface area (Å²) in [6.45, 7) is 0.452. The molecule has 0 fully saturated rings. The third-order valence-electron chi connectivity index (χ3n) is 5.65. The number of benzene rings is 2. The number of hydrogen-bond acceptors (Lipinski definition) is 7. The Morgan fingerprint density at radius 3 is 2.45 bits per heavy atom. The van der Waals surface area contributed by atoms with Gasteiger partial charge in [-0.25, -0.2) is 13.4 Å². The lowest BCUT2D eigenvalue weighted by atomic mass is 10.1. The number of esters is 1. The molecule has 0 spiro atoms. The molecule has 1 atom stereocenters. The van der Waals surface area contributed by atoms with Gasteiger partial charge in [0.2, 0.25) is 10.0 Å². The SMILES string of the molecule is COC(=O)C1Cc2ncn(Cc3ccc(OC)cc3)c2CN1S(=O)(=O)c1ccc(C#N)cc1. The summed E-state index contributed by atoms with van der Waals surface area (Å²) >= 11 is 0. The average molecular weight is 467 g/mol. The maximum Gasteiger partial charge on any atom is 0.324 e. The van der Waals surface area contributed by atoms with Crippen molar-refractivity contribution in [3.8, 4) is 11.8 Å². The predicted octanol–water partition coefficient (Wildman–Crippen LogP) is 2.10. The molecular weight excluding hydrogens is 444 g/mol. The molecule has 2 heterocycles. The zero-order chi connectivity index (χ0) is 23.6. The second kappa shape index (κ2) is 9.05. The maximum absolute atomic E-state index is 13.5. The lowest BCUT2D eigenvalue weighted by molar-refractivity contribution is -0.145. The highest BCUT2D eigenvalue weighted by atomic mass is 32.2. The van der Waals surface area contributed by atoms with Crippen molar-refractivity contribution < 1.29 is 22.7 Å². The van der Waals surface area contributed by atoms with Crippen LogP contribution in [-0.4, -0.2) is 48.5 Å². The number of imidazole rings is 1. The molecule has 0 aliphatic carbocycles. The first-order chi connectivity index (χ1) is 15.9. The van der Waals surface area contributed by atoms with Gasteiger partial charge in [0, 0.05) is 13.0 Å². The fourth-order valence-electron chi connectivity index (χ4n) is 3.83. The van der Waals surface area contributed by atoms with Crippen molar-refractivity contribution >= 4 is 16.0 Å². The van der Waals surface area contributed by atoms with Gasteiger partial charge in [0.05, 0.1) is 55.0 Å². The largest absolute Gasteiger partial charge is 0.497 e. The molecule has 9 nitrogen and oxygen atoms in total. The van der Waals surface area contributed by atoms with E-state index in [1.165, 1.54) is 31.4 Å². The average Bonchev–Trinajstić information content (AvgIpc) is 3.24. The molecule has 0 radical (unpaired) electrons. The monoisotopic (exact) mass is 466 g/mol. The van der Waals surface area contributed by atoms with Crippen LogP contribution < -0.4 is 4.74 Å². The van der Waals surface area contributed by atoms with Crippen LogP contribution in [0.3, 0.4) is 0 Å². The van der Waals surface area contributed by atoms with Crippen molar-refractivity contribution in [3.05, 3.63) is 77.4 Å². The number of methoxy groups -OCH3 is 2. The van der Waals surface area contributed by atoms with Crippen LogP contribution in [0.5, 0.6) is 5.75 Å². The third kappa shape index (κ3) is 4.33. The second-order valence-electron chi connectivity index (χ2n) is 7.54. The van der Waals surface area contributed by atoms with Crippen molar-refractivity contribution in [2.45, 2.75) is 30.4 Å². The molecule has 0 amide bonds. The highest BCUT2D eigenvalue weighted by Crippen LogP contribution is 2.30. The topological polar surface area (TPSA) is 115 Å². The van der Waals surface area contributed by atoms with Gasteiger partial charge in [-0.2, -0.15) is 9.57 Å². The fraction of sp³-hybridized carbons (Fsp3) is 0.261. The van der Waals surface area contributed by atoms with E-state index in [2.05, 4.69) is 4.98 Å². The molecule has 0 bridgehead atoms. The van der Waals surface area contributed by atoms with E-state index in [-0.39, 0.29) is 17.9 Å². The van der Waals surface area contributed by atoms with E-state index in [0.29, 0.717) is 23.5 Å². The Balaban J connectivity index is 1.69. The number of ether oxygens (including phenoxy) is 2. The molecule has 2 aromatic carbocycles. The lowest BCUT2D eigenvalue weighted by Crippen LogP contribution is -2.49. The van der Waals surface area contributed by atoms with Crippen molar-refractivity contribution in [3.63, 3.8) is 0 Å². The molecule has 0 N–H and O–H groups in total. The Morgan fingerprint density at radius 1 is 1.15 bits per heavy atom. The number of nitriles is 1. The first-order valence-electron chi connectivity index (χ1n) is 10.1. The molecular formula is C23H22N4O5S. The minimum absolute atomic E-state index is 0.0000674. The number of fused-ring (bicyclic) bond motifs is 1. The van der Waals surface area contributed by atoms with Crippen molar-refractivity contribution in [2.24, 2.45) is 0 Å². The molecule has 1 aliphatic heterocycles. The van der Waals surface area contributed by atoms with Crippen LogP contribution >= 0.6 is 0 Å². The smallest absolute Gasteiger partial charge is 0.324 e. The summed E-state index contributed by atoms with van der Waals surface area (Å²) in [5.74, 6) is 0.0922. The Bertz CT molecular complexity index is 1310. The summed E-state index contributed by atoms with van der Waals surface area (Å²) in [6, 6.07) is 14.1. The first-order valence-corrected chi connectivity index (χ1v) is 11.6. The standard InChI is InChI=1S/C23H22N4O5S/c1-31-18-7-3-17(4-8-18)13-26-15-25-20-11-21(23(28)32-2)27(14-22(20)26)33(29,30)19-9-5-16(12-24)6-10-19/h3-10,15,21H,11,13-14H2,1-2H3. The molecule has 3 aromatic rings. The Hall–Kier alpha value is -3.68. The zero-order valence-electron chi connectivity index (χ0n) is 18.1. The van der Waals surface area contributed by atoms with Gasteiger partial charge in [0.15, 0.2) is 0 Å². The summed E-state index contributed by atoms with van der Waals surface area (Å²) in [5.41, 5.74) is 2.71. The highest BCUT2D eigenvalue weighted by Gasteiger charge is 2.42. The number of nitrogens with zero attached hydrogens (tertiary/aromatic N) is 4. The number of carbonyl (C=O) groups is 1. The molecule has 0 saturated heterocycles. The van der Waals surface area contributed by atoms with E-state index < -0.39 is 22.0 Å². The number of sulfonamides is 1. The molecule has 0 saturated carbocycles. The molecule has 1 aliphatic rings. The van der Waals surface area contributed by atoms with Crippen LogP contribution in [0.2, 0.25) is 0 Å². The van der Waals surface area contributed by atoms with Crippen LogP contribution in [0.1, 0.15) is 22.5 Å². The Morgan fingerprint density at radius 2 is 1.85 bits per heavy atom. The van der Waals surface area contributed by atoms with E-state index in [1.54, 1.807) is 13.4 Å². The second-order valence-corrected chi connectivity index (χ2v) is 9.43. The number of carbonyl (C=O) groups excluding carboxylic acids is 1. The van der Waals surface area contributed by atoms with Crippen LogP contribution in [0, 0.1) is 11.3 Å². The summed E-state index contributed by atoms with van der Waals surface area (Å²) < 4.78 is 40.1. The zero-order valence-corrected chi connectivity index (χ0v) is 18.9. The van der Waals surface area contributed by atoms with E-state index in [4.69, 9.17) is 14.7 Å². The van der Waals surface area contributed by atoms with Crippen LogP contribution in [0.25, 0.3) is 0 Å². The fourth-order valence-corrected chi connectivity index (χ4v) is 5.37. The molecule has 4 rings (SSSR count). The predicted molar refractivity (Wildman–Crippen MR) is 118 cm³/mol. The highest BCUT2D eigenvalue weighted by molar-refractivity contribution is 7.89. The van der Waals surface area contributed by atoms with Gasteiger partial charge in [-0.05, 0) is 42.0 Å². The first kappa shape index (κ1) is 22.5. The van der Waals surface area contributed by atoms with E-state index in [0.717, 1.165) is 15.6 Å². The van der Waals surface area contributed by atoms with Gasteiger partial charge in [-0.15, -0.1) is 0 Å². The summed E-state index contributed by atoms with van der Waals surface area (Å²) in [7, 11) is -1.22. The van der Waals surface area contributed by atoms with Gasteiger partial charge in [-0.3, -0.25) is 4.79 Å². The van der Waals surface area contributed by atoms with E-state index in [9.17, 15) is 13.2 Å². The molecule has 33 heavy (non-hydrogen) atoms. The van der Waals surface area contributed by atoms with Crippen LogP contribution in [0.4, 0.5) is 0 Å². The lowest BCUT2D eigenvalue weighted by Gasteiger charge is -2.33. The van der Waals surface area contributed by atoms with Gasteiger partial charge in [0.25, 0.3) is 0 Å². The Labute approximate surface area is 191 Å². The summed E-state index contributed by atoms with van der Waals surface area (Å²) in [6.07, 6.45) is 1.76. The summed E-state index contributed by atoms with van der Waals surface area (Å²) in [4.78, 5) is 16.9. The van der Waals surface area contributed by atoms with Gasteiger partial charge < -0.3 is 14.0 Å². The van der Waals surface area contributed by atoms with Crippen molar-refractivity contribution in [1.82, 2.24) is 13.9 Å². The van der Waals surface area contributed by atoms with Crippen LogP contribution in [0.15, 0.2) is 59.8 Å². The normalized spacial score (nSPS) is 16.0. The number of hydrogen-bond donors (Lipinski definition) is 0. The van der Waals surface area contributed by atoms with Crippen molar-refractivity contribution in [1.29, 1.82) is 5.26 Å². The van der Waals surface area contributed by atoms with Gasteiger partial charge >= 0.3 is 5.97 Å². The summed E-state index contributed by atoms with van der Waals surface area (Å²) in [5, 5.41) is 9.01. The molecule has 170 valence electrons. The number of rotatable bonds is 6.